The molecule has 7 heteroatoms. The zero-order valence-corrected chi connectivity index (χ0v) is 12.7. The minimum atomic E-state index is -0.638. The summed E-state index contributed by atoms with van der Waals surface area (Å²) in [6.45, 7) is 5.82. The van der Waals surface area contributed by atoms with E-state index in [0.29, 0.717) is 24.1 Å². The standard InChI is InChI=1S/C12H21N3O3S/c1-5-17-10(16)12(3,13-4)7-6-8-19-11-15-14-9(2)18-11/h13H,5-8H2,1-4H3. The third-order valence-electron chi connectivity index (χ3n) is 2.83. The summed E-state index contributed by atoms with van der Waals surface area (Å²) in [6.07, 6.45) is 1.55. The third kappa shape index (κ3) is 4.83. The van der Waals surface area contributed by atoms with Gasteiger partial charge in [0.05, 0.1) is 6.61 Å². The number of rotatable bonds is 8. The second-order valence-electron chi connectivity index (χ2n) is 4.34. The van der Waals surface area contributed by atoms with E-state index < -0.39 is 5.54 Å². The fraction of sp³-hybridized carbons (Fsp3) is 0.750. The highest BCUT2D eigenvalue weighted by molar-refractivity contribution is 7.99. The van der Waals surface area contributed by atoms with Crippen molar-refractivity contribution in [2.45, 2.75) is 44.4 Å². The minimum absolute atomic E-state index is 0.212. The SMILES string of the molecule is CCOC(=O)C(C)(CCCSc1nnc(C)o1)NC. The van der Waals surface area contributed by atoms with Gasteiger partial charge < -0.3 is 14.5 Å². The van der Waals surface area contributed by atoms with Crippen LogP contribution in [-0.4, -0.2) is 41.1 Å². The lowest BCUT2D eigenvalue weighted by molar-refractivity contribution is -0.150. The average Bonchev–Trinajstić information content (AvgIpc) is 2.80. The molecule has 1 aromatic heterocycles. The highest BCUT2D eigenvalue weighted by atomic mass is 32.2. The Morgan fingerprint density at radius 3 is 2.79 bits per heavy atom. The van der Waals surface area contributed by atoms with E-state index in [0.717, 1.165) is 12.2 Å². The monoisotopic (exact) mass is 287 g/mol. The Morgan fingerprint density at radius 2 is 2.26 bits per heavy atom. The number of likely N-dealkylation sites (N-methyl/N-ethyl adjacent to an activating group) is 1. The van der Waals surface area contributed by atoms with Gasteiger partial charge in [-0.3, -0.25) is 4.79 Å². The zero-order chi connectivity index (χ0) is 14.3. The maximum Gasteiger partial charge on any atom is 0.326 e. The molecule has 0 saturated heterocycles. The van der Waals surface area contributed by atoms with E-state index in [1.807, 2.05) is 13.8 Å². The first kappa shape index (κ1) is 16.0. The van der Waals surface area contributed by atoms with Crippen molar-refractivity contribution in [1.29, 1.82) is 0 Å². The van der Waals surface area contributed by atoms with Gasteiger partial charge in [-0.2, -0.15) is 0 Å². The van der Waals surface area contributed by atoms with Crippen LogP contribution in [0.15, 0.2) is 9.64 Å². The normalized spacial score (nSPS) is 14.1. The summed E-state index contributed by atoms with van der Waals surface area (Å²) < 4.78 is 10.3. The molecule has 0 aliphatic heterocycles. The van der Waals surface area contributed by atoms with Crippen molar-refractivity contribution in [3.8, 4) is 0 Å². The third-order valence-corrected chi connectivity index (χ3v) is 3.74. The molecule has 0 radical (unpaired) electrons. The van der Waals surface area contributed by atoms with Crippen molar-refractivity contribution in [2.75, 3.05) is 19.4 Å². The number of thioether (sulfide) groups is 1. The Bertz CT molecular complexity index is 411. The molecule has 1 unspecified atom stereocenters. The van der Waals surface area contributed by atoms with Gasteiger partial charge in [-0.1, -0.05) is 11.8 Å². The number of esters is 1. The lowest BCUT2D eigenvalue weighted by Gasteiger charge is -2.26. The molecule has 1 heterocycles. The van der Waals surface area contributed by atoms with Gasteiger partial charge in [0.2, 0.25) is 5.89 Å². The molecule has 108 valence electrons. The largest absolute Gasteiger partial charge is 0.465 e. The quantitative estimate of drug-likeness (QED) is 0.443. The van der Waals surface area contributed by atoms with Crippen LogP contribution in [0.5, 0.6) is 0 Å². The summed E-state index contributed by atoms with van der Waals surface area (Å²) in [5.74, 6) is 1.17. The maximum absolute atomic E-state index is 11.8. The molecule has 0 aromatic carbocycles. The molecule has 0 bridgehead atoms. The van der Waals surface area contributed by atoms with Crippen LogP contribution in [0.2, 0.25) is 0 Å². The van der Waals surface area contributed by atoms with Gasteiger partial charge in [0.15, 0.2) is 0 Å². The van der Waals surface area contributed by atoms with Crippen LogP contribution in [0.25, 0.3) is 0 Å². The lowest BCUT2D eigenvalue weighted by atomic mass is 9.97. The van der Waals surface area contributed by atoms with Gasteiger partial charge in [0, 0.05) is 12.7 Å². The fourth-order valence-corrected chi connectivity index (χ4v) is 2.28. The molecule has 6 nitrogen and oxygen atoms in total. The maximum atomic E-state index is 11.8. The number of aryl methyl sites for hydroxylation is 1. The van der Waals surface area contributed by atoms with Gasteiger partial charge >= 0.3 is 5.97 Å². The topological polar surface area (TPSA) is 77.2 Å². The van der Waals surface area contributed by atoms with Gasteiger partial charge in [-0.25, -0.2) is 0 Å². The molecule has 0 aliphatic carbocycles. The Hall–Kier alpha value is -1.08. The summed E-state index contributed by atoms with van der Waals surface area (Å²) in [5.41, 5.74) is -0.638. The van der Waals surface area contributed by atoms with E-state index in [2.05, 4.69) is 15.5 Å². The second-order valence-corrected chi connectivity index (χ2v) is 5.39. The first-order valence-corrected chi connectivity index (χ1v) is 7.29. The second kappa shape index (κ2) is 7.49. The van der Waals surface area contributed by atoms with E-state index in [1.165, 1.54) is 11.8 Å². The molecule has 0 saturated carbocycles. The highest BCUT2D eigenvalue weighted by Gasteiger charge is 2.32. The number of hydrogen-bond acceptors (Lipinski definition) is 7. The Morgan fingerprint density at radius 1 is 1.53 bits per heavy atom. The Balaban J connectivity index is 2.35. The number of carbonyl (C=O) groups excluding carboxylic acids is 1. The van der Waals surface area contributed by atoms with Gasteiger partial charge in [0.25, 0.3) is 5.22 Å². The summed E-state index contributed by atoms with van der Waals surface area (Å²) in [4.78, 5) is 11.8. The fourth-order valence-electron chi connectivity index (χ4n) is 1.54. The first-order valence-electron chi connectivity index (χ1n) is 6.31. The van der Waals surface area contributed by atoms with Gasteiger partial charge in [-0.15, -0.1) is 10.2 Å². The lowest BCUT2D eigenvalue weighted by Crippen LogP contribution is -2.48. The molecule has 1 rings (SSSR count). The average molecular weight is 287 g/mol. The van der Waals surface area contributed by atoms with Crippen LogP contribution in [0.4, 0.5) is 0 Å². The summed E-state index contributed by atoms with van der Waals surface area (Å²) >= 11 is 1.50. The Labute approximate surface area is 117 Å². The van der Waals surface area contributed by atoms with Crippen molar-refractivity contribution in [3.05, 3.63) is 5.89 Å². The minimum Gasteiger partial charge on any atom is -0.465 e. The number of nitrogens with one attached hydrogen (secondary N) is 1. The van der Waals surface area contributed by atoms with Crippen LogP contribution >= 0.6 is 11.8 Å². The van der Waals surface area contributed by atoms with E-state index in [-0.39, 0.29) is 5.97 Å². The van der Waals surface area contributed by atoms with Crippen LogP contribution in [0.3, 0.4) is 0 Å². The molecule has 1 N–H and O–H groups in total. The van der Waals surface area contributed by atoms with Gasteiger partial charge in [-0.05, 0) is 33.7 Å². The number of ether oxygens (including phenoxy) is 1. The van der Waals surface area contributed by atoms with Crippen molar-refractivity contribution in [1.82, 2.24) is 15.5 Å². The summed E-state index contributed by atoms with van der Waals surface area (Å²) in [7, 11) is 1.77. The Kier molecular flexibility index (Phi) is 6.30. The van der Waals surface area contributed by atoms with E-state index in [4.69, 9.17) is 9.15 Å². The molecule has 1 aromatic rings. The predicted molar refractivity (Wildman–Crippen MR) is 73.1 cm³/mol. The summed E-state index contributed by atoms with van der Waals surface area (Å²) in [5, 5.41) is 11.3. The molecule has 1 atom stereocenters. The summed E-state index contributed by atoms with van der Waals surface area (Å²) in [6, 6.07) is 0. The van der Waals surface area contributed by atoms with Crippen molar-refractivity contribution < 1.29 is 13.9 Å². The number of nitrogens with zero attached hydrogens (tertiary/aromatic N) is 2. The van der Waals surface area contributed by atoms with E-state index in [9.17, 15) is 4.79 Å². The smallest absolute Gasteiger partial charge is 0.326 e. The molecule has 0 aliphatic rings. The molecule has 19 heavy (non-hydrogen) atoms. The molecular formula is C12H21N3O3S. The molecule has 0 amide bonds. The number of aromatic nitrogens is 2. The van der Waals surface area contributed by atoms with Crippen molar-refractivity contribution in [2.24, 2.45) is 0 Å². The number of carbonyl (C=O) groups is 1. The van der Waals surface area contributed by atoms with E-state index in [1.54, 1.807) is 14.0 Å². The van der Waals surface area contributed by atoms with Gasteiger partial charge in [0.1, 0.15) is 5.54 Å². The van der Waals surface area contributed by atoms with Crippen LogP contribution < -0.4 is 5.32 Å². The van der Waals surface area contributed by atoms with Crippen LogP contribution in [0.1, 0.15) is 32.6 Å². The zero-order valence-electron chi connectivity index (χ0n) is 11.9. The van der Waals surface area contributed by atoms with E-state index >= 15 is 0 Å². The molecule has 0 fully saturated rings. The predicted octanol–water partition coefficient (Wildman–Crippen LogP) is 1.79. The van der Waals surface area contributed by atoms with Crippen molar-refractivity contribution >= 4 is 17.7 Å². The molecule has 0 spiro atoms. The van der Waals surface area contributed by atoms with Crippen LogP contribution in [0, 0.1) is 6.92 Å². The van der Waals surface area contributed by atoms with Crippen LogP contribution in [-0.2, 0) is 9.53 Å². The highest BCUT2D eigenvalue weighted by Crippen LogP contribution is 2.21. The first-order chi connectivity index (χ1) is 9.01. The number of hydrogen-bond donors (Lipinski definition) is 1. The molecular weight excluding hydrogens is 266 g/mol. The van der Waals surface area contributed by atoms with Crippen molar-refractivity contribution in [3.63, 3.8) is 0 Å².